The van der Waals surface area contributed by atoms with Crippen LogP contribution < -0.4 is 10.1 Å². The number of methoxy groups -OCH3 is 1. The second-order valence-electron chi connectivity index (χ2n) is 10.9. The summed E-state index contributed by atoms with van der Waals surface area (Å²) < 4.78 is 5.68. The SMILES string of the molecule is CCCCC(=O)Nc1csc(-c2cncc(-c3ccc(C(=O)N4CCN(C5CCN(C)CC5)CC4)c(OC)c3)n2)c1. The smallest absolute Gasteiger partial charge is 0.257 e. The van der Waals surface area contributed by atoms with Gasteiger partial charge < -0.3 is 19.9 Å². The number of piperidine rings is 1. The number of piperazine rings is 1. The molecule has 0 spiro atoms. The van der Waals surface area contributed by atoms with E-state index in [9.17, 15) is 9.59 Å². The van der Waals surface area contributed by atoms with E-state index in [1.165, 1.54) is 24.2 Å². The molecule has 2 aliphatic heterocycles. The lowest BCUT2D eigenvalue weighted by atomic mass is 10.0. The fraction of sp³-hybridized carbons (Fsp3) is 0.484. The van der Waals surface area contributed by atoms with Crippen LogP contribution in [0.25, 0.3) is 21.8 Å². The fourth-order valence-corrected chi connectivity index (χ4v) is 6.36. The first kappa shape index (κ1) is 29.2. The van der Waals surface area contributed by atoms with E-state index in [1.807, 2.05) is 34.5 Å². The van der Waals surface area contributed by atoms with Gasteiger partial charge in [0.15, 0.2) is 0 Å². The largest absolute Gasteiger partial charge is 0.496 e. The number of rotatable bonds is 9. The van der Waals surface area contributed by atoms with Crippen LogP contribution in [0.5, 0.6) is 5.75 Å². The van der Waals surface area contributed by atoms with E-state index in [0.29, 0.717) is 29.5 Å². The molecule has 3 aromatic rings. The quantitative estimate of drug-likeness (QED) is 0.389. The molecule has 0 unspecified atom stereocenters. The van der Waals surface area contributed by atoms with Crippen LogP contribution in [0.1, 0.15) is 49.4 Å². The molecule has 10 heteroatoms. The number of anilines is 1. The molecular formula is C31H40N6O3S. The highest BCUT2D eigenvalue weighted by Crippen LogP contribution is 2.32. The molecule has 0 aliphatic carbocycles. The maximum absolute atomic E-state index is 13.5. The molecule has 2 fully saturated rings. The molecule has 41 heavy (non-hydrogen) atoms. The molecular weight excluding hydrogens is 536 g/mol. The van der Waals surface area contributed by atoms with E-state index in [2.05, 4.69) is 34.1 Å². The molecule has 2 aliphatic rings. The van der Waals surface area contributed by atoms with Gasteiger partial charge in [-0.25, -0.2) is 4.98 Å². The topological polar surface area (TPSA) is 90.9 Å². The van der Waals surface area contributed by atoms with Gasteiger partial charge in [0.1, 0.15) is 5.75 Å². The third-order valence-corrected chi connectivity index (χ3v) is 9.01. The molecule has 0 bridgehead atoms. The highest BCUT2D eigenvalue weighted by Gasteiger charge is 2.29. The number of thiophene rings is 1. The van der Waals surface area contributed by atoms with Crippen molar-refractivity contribution in [2.24, 2.45) is 0 Å². The minimum absolute atomic E-state index is 0.00311. The van der Waals surface area contributed by atoms with E-state index in [0.717, 1.165) is 73.9 Å². The Morgan fingerprint density at radius 3 is 2.54 bits per heavy atom. The van der Waals surface area contributed by atoms with Gasteiger partial charge in [-0.2, -0.15) is 0 Å². The number of ether oxygens (including phenoxy) is 1. The molecule has 1 aromatic carbocycles. The number of unbranched alkanes of at least 4 members (excludes halogenated alkanes) is 1. The zero-order valence-corrected chi connectivity index (χ0v) is 25.1. The zero-order valence-electron chi connectivity index (χ0n) is 24.3. The lowest BCUT2D eigenvalue weighted by Crippen LogP contribution is -2.54. The average molecular weight is 577 g/mol. The molecule has 218 valence electrons. The Hall–Kier alpha value is -3.34. The van der Waals surface area contributed by atoms with Crippen molar-refractivity contribution >= 4 is 28.8 Å². The van der Waals surface area contributed by atoms with Gasteiger partial charge in [0.25, 0.3) is 5.91 Å². The Labute approximate surface area is 246 Å². The van der Waals surface area contributed by atoms with Crippen LogP contribution in [0.3, 0.4) is 0 Å². The van der Waals surface area contributed by atoms with Gasteiger partial charge in [0.2, 0.25) is 5.91 Å². The Bertz CT molecular complexity index is 1350. The number of hydrogen-bond donors (Lipinski definition) is 1. The van der Waals surface area contributed by atoms with E-state index in [1.54, 1.807) is 19.5 Å². The Kier molecular flexibility index (Phi) is 9.64. The number of hydrogen-bond acceptors (Lipinski definition) is 8. The van der Waals surface area contributed by atoms with Gasteiger partial charge in [-0.3, -0.25) is 19.5 Å². The van der Waals surface area contributed by atoms with Gasteiger partial charge in [-0.05, 0) is 57.6 Å². The summed E-state index contributed by atoms with van der Waals surface area (Å²) in [6.45, 7) is 7.64. The van der Waals surface area contributed by atoms with Crippen LogP contribution in [-0.4, -0.2) is 95.9 Å². The summed E-state index contributed by atoms with van der Waals surface area (Å²) in [4.78, 5) is 42.7. The summed E-state index contributed by atoms with van der Waals surface area (Å²) in [5.74, 6) is 0.561. The van der Waals surface area contributed by atoms with Gasteiger partial charge in [-0.1, -0.05) is 19.4 Å². The molecule has 1 N–H and O–H groups in total. The van der Waals surface area contributed by atoms with Gasteiger partial charge >= 0.3 is 0 Å². The number of aromatic nitrogens is 2. The number of amides is 2. The van der Waals surface area contributed by atoms with Crippen LogP contribution in [0.2, 0.25) is 0 Å². The lowest BCUT2D eigenvalue weighted by molar-refractivity contribution is -0.116. The number of nitrogens with one attached hydrogen (secondary N) is 1. The predicted molar refractivity (Wildman–Crippen MR) is 163 cm³/mol. The standard InChI is InChI=1S/C31H40N6O3S/c1-4-5-6-30(38)33-23-18-29(41-21-23)27-20-32-19-26(34-27)22-7-8-25(28(17-22)40-3)31(39)37-15-13-36(14-16-37)24-9-11-35(2)12-10-24/h7-8,17-21,24H,4-6,9-16H2,1-3H3,(H,33,38). The van der Waals surface area contributed by atoms with Gasteiger partial charge in [-0.15, -0.1) is 11.3 Å². The van der Waals surface area contributed by atoms with Gasteiger partial charge in [0, 0.05) is 49.6 Å². The summed E-state index contributed by atoms with van der Waals surface area (Å²) in [5, 5.41) is 4.88. The minimum atomic E-state index is 0.00311. The van der Waals surface area contributed by atoms with Crippen molar-refractivity contribution in [1.29, 1.82) is 0 Å². The van der Waals surface area contributed by atoms with Crippen LogP contribution in [-0.2, 0) is 4.79 Å². The molecule has 2 aromatic heterocycles. The van der Waals surface area contributed by atoms with Crippen LogP contribution in [0.15, 0.2) is 42.0 Å². The lowest BCUT2D eigenvalue weighted by Gasteiger charge is -2.42. The van der Waals surface area contributed by atoms with Crippen LogP contribution in [0.4, 0.5) is 5.69 Å². The zero-order chi connectivity index (χ0) is 28.8. The summed E-state index contributed by atoms with van der Waals surface area (Å²) in [5.41, 5.74) is 3.57. The van der Waals surface area contributed by atoms with Crippen molar-refractivity contribution in [3.63, 3.8) is 0 Å². The van der Waals surface area contributed by atoms with Crippen molar-refractivity contribution in [2.75, 3.05) is 58.7 Å². The Morgan fingerprint density at radius 2 is 1.80 bits per heavy atom. The molecule has 4 heterocycles. The first-order valence-electron chi connectivity index (χ1n) is 14.6. The van der Waals surface area contributed by atoms with E-state index < -0.39 is 0 Å². The maximum Gasteiger partial charge on any atom is 0.257 e. The van der Waals surface area contributed by atoms with Crippen LogP contribution >= 0.6 is 11.3 Å². The molecule has 0 saturated carbocycles. The summed E-state index contributed by atoms with van der Waals surface area (Å²) >= 11 is 1.51. The molecule has 0 radical (unpaired) electrons. The summed E-state index contributed by atoms with van der Waals surface area (Å²) in [6.07, 6.45) is 8.22. The van der Waals surface area contributed by atoms with E-state index in [4.69, 9.17) is 9.72 Å². The monoisotopic (exact) mass is 576 g/mol. The third kappa shape index (κ3) is 7.12. The Balaban J connectivity index is 1.25. The third-order valence-electron chi connectivity index (χ3n) is 8.06. The van der Waals surface area contributed by atoms with E-state index in [-0.39, 0.29) is 11.8 Å². The highest BCUT2D eigenvalue weighted by atomic mass is 32.1. The number of carbonyl (C=O) groups excluding carboxylic acids is 2. The first-order valence-corrected chi connectivity index (χ1v) is 15.4. The number of benzene rings is 1. The fourth-order valence-electron chi connectivity index (χ4n) is 5.57. The molecule has 5 rings (SSSR count). The second kappa shape index (κ2) is 13.5. The predicted octanol–water partition coefficient (Wildman–Crippen LogP) is 4.86. The number of carbonyl (C=O) groups is 2. The first-order chi connectivity index (χ1) is 19.9. The minimum Gasteiger partial charge on any atom is -0.496 e. The maximum atomic E-state index is 13.5. The van der Waals surface area contributed by atoms with Crippen molar-refractivity contribution in [3.8, 4) is 27.6 Å². The Morgan fingerprint density at radius 1 is 1.05 bits per heavy atom. The van der Waals surface area contributed by atoms with Crippen LogP contribution in [0, 0.1) is 0 Å². The highest BCUT2D eigenvalue weighted by molar-refractivity contribution is 7.14. The molecule has 9 nitrogen and oxygen atoms in total. The van der Waals surface area contributed by atoms with Crippen molar-refractivity contribution in [1.82, 2.24) is 24.7 Å². The summed E-state index contributed by atoms with van der Waals surface area (Å²) in [7, 11) is 3.78. The summed E-state index contributed by atoms with van der Waals surface area (Å²) in [6, 6.07) is 8.16. The van der Waals surface area contributed by atoms with Crippen molar-refractivity contribution in [3.05, 3.63) is 47.6 Å². The van der Waals surface area contributed by atoms with Crippen molar-refractivity contribution in [2.45, 2.75) is 45.1 Å². The van der Waals surface area contributed by atoms with Crippen molar-refractivity contribution < 1.29 is 14.3 Å². The number of nitrogens with zero attached hydrogens (tertiary/aromatic N) is 5. The second-order valence-corrected chi connectivity index (χ2v) is 11.8. The molecule has 2 saturated heterocycles. The average Bonchev–Trinajstić information content (AvgIpc) is 3.48. The molecule has 0 atom stereocenters. The normalized spacial score (nSPS) is 17.0. The van der Waals surface area contributed by atoms with Gasteiger partial charge in [0.05, 0.1) is 47.0 Å². The number of likely N-dealkylation sites (tertiary alicyclic amines) is 1. The molecule has 2 amide bonds. The van der Waals surface area contributed by atoms with E-state index >= 15 is 0 Å².